The van der Waals surface area contributed by atoms with Crippen molar-refractivity contribution < 1.29 is 33.3 Å². The highest BCUT2D eigenvalue weighted by atomic mass is 16.5. The van der Waals surface area contributed by atoms with Crippen molar-refractivity contribution in [2.45, 2.75) is 32.7 Å². The van der Waals surface area contributed by atoms with Crippen LogP contribution in [0.2, 0.25) is 0 Å². The van der Waals surface area contributed by atoms with Gasteiger partial charge in [-0.3, -0.25) is 14.4 Å². The Labute approximate surface area is 290 Å². The van der Waals surface area contributed by atoms with E-state index >= 15 is 0 Å². The quantitative estimate of drug-likeness (QED) is 0.0627. The van der Waals surface area contributed by atoms with Crippen molar-refractivity contribution in [1.29, 1.82) is 0 Å². The van der Waals surface area contributed by atoms with Gasteiger partial charge in [-0.1, -0.05) is 62.4 Å². The Balaban J connectivity index is 0.00000105. The van der Waals surface area contributed by atoms with Crippen LogP contribution in [0.15, 0.2) is 60.8 Å². The molecule has 3 amide bonds. The summed E-state index contributed by atoms with van der Waals surface area (Å²) in [5.41, 5.74) is 17.1. The average Bonchev–Trinajstić information content (AvgIpc) is 3.09. The molecule has 2 aromatic carbocycles. The minimum atomic E-state index is -0.594. The van der Waals surface area contributed by atoms with E-state index in [4.69, 9.17) is 31.5 Å². The lowest BCUT2D eigenvalue weighted by molar-refractivity contribution is -0.125. The Hall–Kier alpha value is -4.47. The Morgan fingerprint density at radius 2 is 1.51 bits per heavy atom. The van der Waals surface area contributed by atoms with Gasteiger partial charge in [-0.05, 0) is 18.1 Å². The molecule has 0 spiro atoms. The van der Waals surface area contributed by atoms with Crippen LogP contribution in [-0.2, 0) is 39.9 Å². The standard InChI is InChI=1S/C27H36N6O6.C6H13N.C2H6O/c28-24(35)17-31-25(36)9-11-37-13-15-39-16-14-38-12-10-33(30)27-21-6-2-1-5-20(21)18-32(19-34)23-8-4-3-7-22(23)26(27)29;1-4-5-6(2)7-3;1-3-2/h1-8,19H,9-18,29-30H2,(H2,28,35)(H,31,36);7H,2,4-5H2,1,3H3;1-2H3/b27-26-;;. The van der Waals surface area contributed by atoms with E-state index in [0.717, 1.165) is 35.2 Å². The van der Waals surface area contributed by atoms with Crippen LogP contribution < -0.4 is 32.8 Å². The minimum Gasteiger partial charge on any atom is -0.396 e. The van der Waals surface area contributed by atoms with Crippen molar-refractivity contribution in [2.24, 2.45) is 17.3 Å². The number of carbonyl (C=O) groups is 3. The zero-order valence-electron chi connectivity index (χ0n) is 29.4. The Bertz CT molecular complexity index is 1320. The summed E-state index contributed by atoms with van der Waals surface area (Å²) < 4.78 is 20.7. The number of allylic oxidation sites excluding steroid dienone is 1. The first kappa shape index (κ1) is 42.6. The van der Waals surface area contributed by atoms with Gasteiger partial charge in [0.05, 0.1) is 76.4 Å². The maximum Gasteiger partial charge on any atom is 0.236 e. The third-order valence-corrected chi connectivity index (χ3v) is 6.85. The SMILES string of the molecule is C=C(CCC)NC.COC.NC(=O)CNC(=O)CCOCCOCCOCCN(N)/C1=C(\N)c2ccccc2N(C=O)Cc2ccccc21. The van der Waals surface area contributed by atoms with Crippen molar-refractivity contribution in [3.05, 3.63) is 77.5 Å². The molecule has 2 aromatic rings. The van der Waals surface area contributed by atoms with Gasteiger partial charge >= 0.3 is 0 Å². The number of nitrogens with two attached hydrogens (primary N) is 3. The van der Waals surface area contributed by atoms with E-state index in [1.165, 1.54) is 6.42 Å². The van der Waals surface area contributed by atoms with E-state index in [1.807, 2.05) is 55.6 Å². The van der Waals surface area contributed by atoms with Crippen LogP contribution in [0, 0.1) is 0 Å². The monoisotopic (exact) mass is 685 g/mol. The second-order valence-corrected chi connectivity index (χ2v) is 10.7. The number of rotatable bonds is 19. The molecule has 14 nitrogen and oxygen atoms in total. The lowest BCUT2D eigenvalue weighted by Gasteiger charge is -2.31. The molecule has 8 N–H and O–H groups in total. The highest BCUT2D eigenvalue weighted by Gasteiger charge is 2.24. The van der Waals surface area contributed by atoms with Gasteiger partial charge in [-0.15, -0.1) is 0 Å². The van der Waals surface area contributed by atoms with Gasteiger partial charge in [0.2, 0.25) is 18.2 Å². The summed E-state index contributed by atoms with van der Waals surface area (Å²) in [4.78, 5) is 35.6. The second kappa shape index (κ2) is 25.5. The highest BCUT2D eigenvalue weighted by molar-refractivity contribution is 5.96. The topological polar surface area (TPSA) is 197 Å². The molecule has 49 heavy (non-hydrogen) atoms. The zero-order valence-corrected chi connectivity index (χ0v) is 29.4. The third-order valence-electron chi connectivity index (χ3n) is 6.85. The number of nitrogens with one attached hydrogen (secondary N) is 2. The number of hydrogen-bond acceptors (Lipinski definition) is 11. The molecule has 0 aromatic heterocycles. The number of anilines is 1. The molecule has 0 saturated carbocycles. The fourth-order valence-corrected chi connectivity index (χ4v) is 4.47. The predicted molar refractivity (Wildman–Crippen MR) is 192 cm³/mol. The van der Waals surface area contributed by atoms with E-state index < -0.39 is 5.91 Å². The van der Waals surface area contributed by atoms with Crippen molar-refractivity contribution in [2.75, 3.05) is 78.9 Å². The molecule has 1 aliphatic rings. The summed E-state index contributed by atoms with van der Waals surface area (Å²) in [5, 5.41) is 6.94. The van der Waals surface area contributed by atoms with Gasteiger partial charge in [-0.25, -0.2) is 5.84 Å². The van der Waals surface area contributed by atoms with Gasteiger partial charge < -0.3 is 51.0 Å². The molecule has 0 unspecified atom stereocenters. The summed E-state index contributed by atoms with van der Waals surface area (Å²) in [6, 6.07) is 15.2. The van der Waals surface area contributed by atoms with E-state index in [0.29, 0.717) is 63.2 Å². The molecule has 0 fully saturated rings. The Morgan fingerprint density at radius 1 is 0.939 bits per heavy atom. The van der Waals surface area contributed by atoms with Crippen molar-refractivity contribution >= 4 is 35.3 Å². The summed E-state index contributed by atoms with van der Waals surface area (Å²) in [7, 11) is 5.15. The number of carbonyl (C=O) groups excluding carboxylic acids is 3. The largest absolute Gasteiger partial charge is 0.396 e. The molecule has 0 aliphatic carbocycles. The van der Waals surface area contributed by atoms with Gasteiger partial charge in [-0.2, -0.15) is 0 Å². The molecule has 0 bridgehead atoms. The summed E-state index contributed by atoms with van der Waals surface area (Å²) in [6.45, 7) is 8.46. The summed E-state index contributed by atoms with van der Waals surface area (Å²) >= 11 is 0. The first-order valence-electron chi connectivity index (χ1n) is 16.1. The molecule has 14 heteroatoms. The van der Waals surface area contributed by atoms with E-state index in [1.54, 1.807) is 24.1 Å². The zero-order chi connectivity index (χ0) is 36.4. The Kier molecular flexibility index (Phi) is 22.2. The number of amides is 3. The van der Waals surface area contributed by atoms with Gasteiger partial charge in [0, 0.05) is 44.5 Å². The number of para-hydroxylation sites is 1. The van der Waals surface area contributed by atoms with Crippen LogP contribution in [0.1, 0.15) is 42.9 Å². The molecule has 1 heterocycles. The third kappa shape index (κ3) is 16.5. The molecular formula is C35H55N7O7. The first-order chi connectivity index (χ1) is 23.6. The smallest absolute Gasteiger partial charge is 0.236 e. The van der Waals surface area contributed by atoms with Crippen molar-refractivity contribution in [3.63, 3.8) is 0 Å². The van der Waals surface area contributed by atoms with Crippen LogP contribution in [0.25, 0.3) is 11.4 Å². The molecule has 0 saturated heterocycles. The van der Waals surface area contributed by atoms with Gasteiger partial charge in [0.15, 0.2) is 0 Å². The van der Waals surface area contributed by atoms with Gasteiger partial charge in [0.25, 0.3) is 0 Å². The summed E-state index contributed by atoms with van der Waals surface area (Å²) in [5.74, 6) is 5.60. The maximum absolute atomic E-state index is 11.9. The average molecular weight is 686 g/mol. The number of primary amides is 1. The molecular weight excluding hydrogens is 630 g/mol. The highest BCUT2D eigenvalue weighted by Crippen LogP contribution is 2.35. The number of hydrogen-bond donors (Lipinski definition) is 5. The van der Waals surface area contributed by atoms with Crippen LogP contribution in [-0.4, -0.2) is 97.2 Å². The number of fused-ring (bicyclic) bond motifs is 2. The van der Waals surface area contributed by atoms with Crippen LogP contribution >= 0.6 is 0 Å². The first-order valence-corrected chi connectivity index (χ1v) is 16.1. The molecule has 272 valence electrons. The number of ether oxygens (including phenoxy) is 4. The maximum atomic E-state index is 11.9. The van der Waals surface area contributed by atoms with Crippen LogP contribution in [0.4, 0.5) is 5.69 Å². The van der Waals surface area contributed by atoms with Crippen LogP contribution in [0.3, 0.4) is 0 Å². The second-order valence-electron chi connectivity index (χ2n) is 10.7. The lowest BCUT2D eigenvalue weighted by atomic mass is 9.96. The van der Waals surface area contributed by atoms with Crippen molar-refractivity contribution in [1.82, 2.24) is 15.6 Å². The van der Waals surface area contributed by atoms with Crippen molar-refractivity contribution in [3.8, 4) is 0 Å². The Morgan fingerprint density at radius 3 is 2.08 bits per heavy atom. The minimum absolute atomic E-state index is 0.137. The normalized spacial score (nSPS) is 13.1. The van der Waals surface area contributed by atoms with Crippen LogP contribution in [0.5, 0.6) is 0 Å². The van der Waals surface area contributed by atoms with Gasteiger partial charge in [0.1, 0.15) is 0 Å². The van der Waals surface area contributed by atoms with E-state index in [-0.39, 0.29) is 25.5 Å². The molecule has 0 radical (unpaired) electrons. The summed E-state index contributed by atoms with van der Waals surface area (Å²) in [6.07, 6.45) is 3.22. The number of hydrazine groups is 1. The fraction of sp³-hybridized carbons (Fsp3) is 0.457. The van der Waals surface area contributed by atoms with E-state index in [2.05, 4.69) is 28.9 Å². The molecule has 0 atom stereocenters. The number of benzene rings is 2. The van der Waals surface area contributed by atoms with E-state index in [9.17, 15) is 14.4 Å². The predicted octanol–water partition coefficient (Wildman–Crippen LogP) is 1.95. The lowest BCUT2D eigenvalue weighted by Crippen LogP contribution is -2.36. The molecule has 3 rings (SSSR count). The number of methoxy groups -OCH3 is 1. The number of nitrogens with zero attached hydrogens (tertiary/aromatic N) is 2. The fourth-order valence-electron chi connectivity index (χ4n) is 4.47. The molecule has 1 aliphatic heterocycles.